The van der Waals surface area contributed by atoms with Crippen LogP contribution in [0.4, 0.5) is 4.79 Å². The van der Waals surface area contributed by atoms with Gasteiger partial charge in [0.2, 0.25) is 0 Å². The number of aliphatic carboxylic acids is 1. The van der Waals surface area contributed by atoms with Crippen molar-refractivity contribution in [1.29, 1.82) is 0 Å². The Bertz CT molecular complexity index is 390. The SMILES string of the molecule is CC1(C)[C@@H](C(=O)O)CC[C@]12NC(=O)NC2=O. The highest BCUT2D eigenvalue weighted by atomic mass is 16.4. The first-order valence-corrected chi connectivity index (χ1v) is 5.18. The van der Waals surface area contributed by atoms with E-state index in [1.54, 1.807) is 13.8 Å². The van der Waals surface area contributed by atoms with E-state index in [1.807, 2.05) is 0 Å². The fourth-order valence-corrected chi connectivity index (χ4v) is 2.89. The second kappa shape index (κ2) is 2.96. The molecule has 3 amide bonds. The smallest absolute Gasteiger partial charge is 0.322 e. The van der Waals surface area contributed by atoms with E-state index < -0.39 is 34.8 Å². The predicted molar refractivity (Wildman–Crippen MR) is 53.5 cm³/mol. The molecule has 1 aliphatic carbocycles. The summed E-state index contributed by atoms with van der Waals surface area (Å²) in [6.45, 7) is 3.42. The molecular weight excluding hydrogens is 212 g/mol. The fraction of sp³-hybridized carbons (Fsp3) is 0.700. The largest absolute Gasteiger partial charge is 0.481 e. The van der Waals surface area contributed by atoms with Gasteiger partial charge in [0.1, 0.15) is 5.54 Å². The number of carboxylic acid groups (broad SMARTS) is 1. The van der Waals surface area contributed by atoms with Gasteiger partial charge in [0.15, 0.2) is 0 Å². The summed E-state index contributed by atoms with van der Waals surface area (Å²) >= 11 is 0. The van der Waals surface area contributed by atoms with Crippen LogP contribution >= 0.6 is 0 Å². The lowest BCUT2D eigenvalue weighted by Gasteiger charge is -2.37. The standard InChI is InChI=1S/C10H14N2O4/c1-9(2)5(6(13)14)3-4-10(9)7(15)11-8(16)12-10/h5H,3-4H2,1-2H3,(H,13,14)(H2,11,12,15,16)/t5-,10-/m1/s1. The van der Waals surface area contributed by atoms with E-state index in [2.05, 4.69) is 10.6 Å². The Morgan fingerprint density at radius 2 is 2.06 bits per heavy atom. The van der Waals surface area contributed by atoms with E-state index in [1.165, 1.54) is 0 Å². The Kier molecular flexibility index (Phi) is 2.02. The van der Waals surface area contributed by atoms with Gasteiger partial charge in [-0.25, -0.2) is 4.79 Å². The summed E-state index contributed by atoms with van der Waals surface area (Å²) < 4.78 is 0. The van der Waals surface area contributed by atoms with Crippen LogP contribution in [0.2, 0.25) is 0 Å². The number of nitrogens with one attached hydrogen (secondary N) is 2. The summed E-state index contributed by atoms with van der Waals surface area (Å²) in [5.74, 6) is -1.95. The number of urea groups is 1. The minimum absolute atomic E-state index is 0.370. The number of carbonyl (C=O) groups excluding carboxylic acids is 2. The third kappa shape index (κ3) is 1.10. The zero-order valence-electron chi connectivity index (χ0n) is 9.16. The number of rotatable bonds is 1. The fourth-order valence-electron chi connectivity index (χ4n) is 2.89. The lowest BCUT2D eigenvalue weighted by molar-refractivity contribution is -0.146. The molecular formula is C10H14N2O4. The topological polar surface area (TPSA) is 95.5 Å². The van der Waals surface area contributed by atoms with Gasteiger partial charge in [-0.05, 0) is 12.8 Å². The van der Waals surface area contributed by atoms with Gasteiger partial charge in [-0.2, -0.15) is 0 Å². The molecule has 2 atom stereocenters. The molecule has 1 saturated heterocycles. The Morgan fingerprint density at radius 1 is 1.44 bits per heavy atom. The van der Waals surface area contributed by atoms with E-state index >= 15 is 0 Å². The lowest BCUT2D eigenvalue weighted by atomic mass is 9.70. The van der Waals surface area contributed by atoms with Crippen molar-refractivity contribution in [3.05, 3.63) is 0 Å². The minimum Gasteiger partial charge on any atom is -0.481 e. The first-order valence-electron chi connectivity index (χ1n) is 5.18. The molecule has 1 heterocycles. The van der Waals surface area contributed by atoms with Crippen LogP contribution in [0.1, 0.15) is 26.7 Å². The normalized spacial score (nSPS) is 36.2. The van der Waals surface area contributed by atoms with Crippen LogP contribution in [0, 0.1) is 11.3 Å². The molecule has 88 valence electrons. The molecule has 0 aromatic rings. The first-order chi connectivity index (χ1) is 7.31. The molecule has 16 heavy (non-hydrogen) atoms. The van der Waals surface area contributed by atoms with Crippen molar-refractivity contribution < 1.29 is 19.5 Å². The number of amides is 3. The second-order valence-electron chi connectivity index (χ2n) is 4.96. The van der Waals surface area contributed by atoms with Gasteiger partial charge >= 0.3 is 12.0 Å². The number of imide groups is 1. The molecule has 2 rings (SSSR count). The van der Waals surface area contributed by atoms with E-state index in [0.29, 0.717) is 12.8 Å². The van der Waals surface area contributed by atoms with Gasteiger partial charge in [-0.15, -0.1) is 0 Å². The van der Waals surface area contributed by atoms with Crippen molar-refractivity contribution in [3.8, 4) is 0 Å². The third-order valence-electron chi connectivity index (χ3n) is 4.02. The summed E-state index contributed by atoms with van der Waals surface area (Å²) in [7, 11) is 0. The quantitative estimate of drug-likeness (QED) is 0.552. The van der Waals surface area contributed by atoms with Crippen molar-refractivity contribution in [2.45, 2.75) is 32.2 Å². The highest BCUT2D eigenvalue weighted by Gasteiger charge is 2.64. The van der Waals surface area contributed by atoms with Crippen LogP contribution in [0.25, 0.3) is 0 Å². The maximum atomic E-state index is 11.8. The zero-order valence-corrected chi connectivity index (χ0v) is 9.16. The van der Waals surface area contributed by atoms with Gasteiger partial charge in [0, 0.05) is 5.41 Å². The summed E-state index contributed by atoms with van der Waals surface area (Å²) in [4.78, 5) is 34.1. The molecule has 0 unspecified atom stereocenters. The maximum Gasteiger partial charge on any atom is 0.322 e. The van der Waals surface area contributed by atoms with Crippen molar-refractivity contribution in [3.63, 3.8) is 0 Å². The van der Waals surface area contributed by atoms with E-state index in [-0.39, 0.29) is 0 Å². The Morgan fingerprint density at radius 3 is 2.44 bits per heavy atom. The van der Waals surface area contributed by atoms with Gasteiger partial charge in [-0.1, -0.05) is 13.8 Å². The van der Waals surface area contributed by atoms with Crippen molar-refractivity contribution in [1.82, 2.24) is 10.6 Å². The van der Waals surface area contributed by atoms with Crippen molar-refractivity contribution >= 4 is 17.9 Å². The van der Waals surface area contributed by atoms with Crippen LogP contribution in [-0.2, 0) is 9.59 Å². The Hall–Kier alpha value is -1.59. The number of carbonyl (C=O) groups is 3. The van der Waals surface area contributed by atoms with E-state index in [4.69, 9.17) is 5.11 Å². The Labute approximate surface area is 92.4 Å². The predicted octanol–water partition coefficient (Wildman–Crippen LogP) is 0.0854. The monoisotopic (exact) mass is 226 g/mol. The average Bonchev–Trinajstić information content (AvgIpc) is 2.54. The van der Waals surface area contributed by atoms with Crippen LogP contribution in [0.3, 0.4) is 0 Å². The maximum absolute atomic E-state index is 11.8. The van der Waals surface area contributed by atoms with Crippen molar-refractivity contribution in [2.24, 2.45) is 11.3 Å². The molecule has 1 spiro atoms. The molecule has 0 aromatic heterocycles. The molecule has 6 nitrogen and oxygen atoms in total. The summed E-state index contributed by atoms with van der Waals surface area (Å²) in [6, 6.07) is -0.538. The average molecular weight is 226 g/mol. The van der Waals surface area contributed by atoms with Crippen LogP contribution < -0.4 is 10.6 Å². The number of carboxylic acids is 1. The van der Waals surface area contributed by atoms with E-state index in [0.717, 1.165) is 0 Å². The second-order valence-corrected chi connectivity index (χ2v) is 4.96. The summed E-state index contributed by atoms with van der Waals surface area (Å²) in [6.07, 6.45) is 0.768. The first kappa shape index (κ1) is 10.9. The van der Waals surface area contributed by atoms with Gasteiger partial charge < -0.3 is 10.4 Å². The summed E-state index contributed by atoms with van der Waals surface area (Å²) in [5.41, 5.74) is -1.85. The van der Waals surface area contributed by atoms with Gasteiger partial charge in [0.05, 0.1) is 5.92 Å². The Balaban J connectivity index is 2.42. The molecule has 1 aliphatic heterocycles. The molecule has 3 N–H and O–H groups in total. The lowest BCUT2D eigenvalue weighted by Crippen LogP contribution is -2.56. The molecule has 2 aliphatic rings. The van der Waals surface area contributed by atoms with Crippen LogP contribution in [0.15, 0.2) is 0 Å². The molecule has 1 saturated carbocycles. The highest BCUT2D eigenvalue weighted by molar-refractivity contribution is 6.08. The van der Waals surface area contributed by atoms with Crippen LogP contribution in [0.5, 0.6) is 0 Å². The molecule has 2 fully saturated rings. The molecule has 0 aromatic carbocycles. The minimum atomic E-state index is -1.06. The number of hydrogen-bond donors (Lipinski definition) is 3. The van der Waals surface area contributed by atoms with Gasteiger partial charge in [-0.3, -0.25) is 14.9 Å². The van der Waals surface area contributed by atoms with Gasteiger partial charge in [0.25, 0.3) is 5.91 Å². The molecule has 0 bridgehead atoms. The zero-order chi connectivity index (χ0) is 12.1. The molecule has 0 radical (unpaired) electrons. The van der Waals surface area contributed by atoms with Crippen LogP contribution in [-0.4, -0.2) is 28.6 Å². The highest BCUT2D eigenvalue weighted by Crippen LogP contribution is 2.51. The number of hydrogen-bond acceptors (Lipinski definition) is 3. The molecule has 6 heteroatoms. The van der Waals surface area contributed by atoms with Crippen molar-refractivity contribution in [2.75, 3.05) is 0 Å². The summed E-state index contributed by atoms with van der Waals surface area (Å²) in [5, 5.41) is 13.9. The van der Waals surface area contributed by atoms with E-state index in [9.17, 15) is 14.4 Å². The third-order valence-corrected chi connectivity index (χ3v) is 4.02.